The number of alkyl carbamates (subject to hydrolysis) is 1. The van der Waals surface area contributed by atoms with E-state index in [2.05, 4.69) is 5.32 Å². The van der Waals surface area contributed by atoms with Gasteiger partial charge in [-0.15, -0.1) is 0 Å². The number of hydrogen-bond donors (Lipinski definition) is 3. The van der Waals surface area contributed by atoms with Crippen LogP contribution in [-0.4, -0.2) is 206 Å². The average molecular weight is 1190 g/mol. The zero-order valence-electron chi connectivity index (χ0n) is 52.1. The lowest BCUT2D eigenvalue weighted by Gasteiger charge is -2.42. The van der Waals surface area contributed by atoms with Crippen LogP contribution in [-0.2, 0) is 76.1 Å². The highest BCUT2D eigenvalue weighted by Gasteiger charge is 2.53. The maximum Gasteiger partial charge on any atom is 0.407 e. The first kappa shape index (κ1) is 72.2. The SMILES string of the molecule is COCCOCCOCCOCCOCCNC(=O)O[C@@H]1CC[C@@H](C[C@@H](C)[C@@H]2CC(=O)[C@H](C)/C=C(\C)[C@@H](O)[C@@H](OC)C(=O)[C@H](C)C[C@H](C)/C=C/C=C/C=C(\C)[C@@H](OC)C[C@@H]3CC[C@@H](C)[C@@](O)(O3)C(=O)C(=O)N3CCCC[C@H]3C(=O)O2)C[C@H]1OC. The number of nitrogens with zero attached hydrogens (tertiary/aromatic N) is 1. The molecule has 21 heteroatoms. The number of fused-ring (bicyclic) bond motifs is 3. The normalized spacial score (nSPS) is 33.8. The van der Waals surface area contributed by atoms with E-state index in [1.165, 1.54) is 12.0 Å². The number of amides is 2. The molecule has 2 bridgehead atoms. The molecule has 0 aromatic heterocycles. The number of aliphatic hydroxyl groups excluding tert-OH is 1. The smallest absolute Gasteiger partial charge is 0.407 e. The lowest BCUT2D eigenvalue weighted by atomic mass is 9.78. The third kappa shape index (κ3) is 23.1. The van der Waals surface area contributed by atoms with Crippen LogP contribution in [0.3, 0.4) is 0 Å². The van der Waals surface area contributed by atoms with E-state index in [1.54, 1.807) is 55.1 Å². The molecule has 3 N–H and O–H groups in total. The summed E-state index contributed by atoms with van der Waals surface area (Å²) in [6, 6.07) is -1.19. The Hall–Kier alpha value is -4.26. The van der Waals surface area contributed by atoms with Crippen LogP contribution in [0.1, 0.15) is 126 Å². The topological polar surface area (TPSA) is 260 Å². The van der Waals surface area contributed by atoms with E-state index in [0.29, 0.717) is 123 Å². The Morgan fingerprint density at radius 2 is 1.43 bits per heavy atom. The molecule has 3 heterocycles. The molecule has 0 aromatic carbocycles. The summed E-state index contributed by atoms with van der Waals surface area (Å²) < 4.78 is 62.6. The standard InChI is InChI=1S/C63H102N2O19/c1-41-17-13-12-14-18-42(2)53(75-9)39-49-22-20-47(7)63(73,84-49)59(69)60(70)65-25-16-15-19-50(65)61(71)82-54(40-51(66)43(3)36-46(6)57(68)58(77-11)56(67)45(5)35-41)44(4)37-48-21-23-52(55(38-48)76-10)83-62(72)64-24-26-78-29-30-80-33-34-81-32-31-79-28-27-74-8/h12-14,17-18,36,41,43-45,47-50,52-55,57-58,68,73H,15-16,19-35,37-40H2,1-11H3,(H,64,72)/b14-12+,17-13+,42-18+,46-36+/t41-,43-,44-,45-,47-,48+,49+,50+,52-,53+,54+,55-,57-,58+,63-/m1/s1. The van der Waals surface area contributed by atoms with E-state index in [4.69, 9.17) is 52.1 Å². The van der Waals surface area contributed by atoms with Crippen molar-refractivity contribution in [3.05, 3.63) is 47.6 Å². The zero-order valence-corrected chi connectivity index (χ0v) is 52.1. The molecule has 1 saturated carbocycles. The number of carbonyl (C=O) groups is 6. The van der Waals surface area contributed by atoms with Crippen molar-refractivity contribution in [3.8, 4) is 0 Å². The molecule has 0 radical (unpaired) electrons. The number of allylic oxidation sites excluding steroid dienone is 6. The van der Waals surface area contributed by atoms with Gasteiger partial charge in [-0.25, -0.2) is 9.59 Å². The van der Waals surface area contributed by atoms with Gasteiger partial charge < -0.3 is 72.5 Å². The van der Waals surface area contributed by atoms with Gasteiger partial charge in [-0.05, 0) is 107 Å². The van der Waals surface area contributed by atoms with E-state index in [0.717, 1.165) is 5.57 Å². The van der Waals surface area contributed by atoms with E-state index in [-0.39, 0.29) is 55.9 Å². The number of ketones is 3. The van der Waals surface area contributed by atoms with Crippen molar-refractivity contribution in [3.63, 3.8) is 0 Å². The number of nitrogens with one attached hydrogen (secondary N) is 1. The number of carbonyl (C=O) groups excluding carboxylic acids is 6. The monoisotopic (exact) mass is 1190 g/mol. The van der Waals surface area contributed by atoms with Crippen LogP contribution in [0.4, 0.5) is 4.79 Å². The molecule has 4 rings (SSSR count). The third-order valence-electron chi connectivity index (χ3n) is 16.8. The quantitative estimate of drug-likeness (QED) is 0.0445. The minimum atomic E-state index is -2.47. The number of ether oxygens (including phenoxy) is 11. The Labute approximate surface area is 499 Å². The summed E-state index contributed by atoms with van der Waals surface area (Å²) in [6.45, 7) is 16.7. The van der Waals surface area contributed by atoms with Gasteiger partial charge in [0.25, 0.3) is 11.7 Å². The Bertz CT molecular complexity index is 2170. The van der Waals surface area contributed by atoms with Crippen LogP contribution in [0.2, 0.25) is 0 Å². The first-order valence-corrected chi connectivity index (χ1v) is 30.4. The van der Waals surface area contributed by atoms with Gasteiger partial charge >= 0.3 is 12.1 Å². The van der Waals surface area contributed by atoms with Gasteiger partial charge in [0.1, 0.15) is 36.2 Å². The molecule has 21 nitrogen and oxygen atoms in total. The van der Waals surface area contributed by atoms with Crippen molar-refractivity contribution in [1.29, 1.82) is 0 Å². The van der Waals surface area contributed by atoms with Crippen LogP contribution in [0.5, 0.6) is 0 Å². The molecule has 3 aliphatic heterocycles. The molecule has 0 spiro atoms. The second-order valence-electron chi connectivity index (χ2n) is 23.3. The van der Waals surface area contributed by atoms with Crippen LogP contribution in [0.25, 0.3) is 0 Å². The molecule has 3 fully saturated rings. The minimum absolute atomic E-state index is 0.00144. The van der Waals surface area contributed by atoms with Crippen LogP contribution >= 0.6 is 0 Å². The average Bonchev–Trinajstić information content (AvgIpc) is 2.95. The Kier molecular flexibility index (Phi) is 32.8. The van der Waals surface area contributed by atoms with Gasteiger partial charge in [0, 0.05) is 72.1 Å². The van der Waals surface area contributed by atoms with Crippen molar-refractivity contribution in [1.82, 2.24) is 10.2 Å². The van der Waals surface area contributed by atoms with Gasteiger partial charge in [0.05, 0.1) is 77.8 Å². The number of cyclic esters (lactones) is 1. The van der Waals surface area contributed by atoms with E-state index in [9.17, 15) is 39.0 Å². The fourth-order valence-corrected chi connectivity index (χ4v) is 11.5. The fourth-order valence-electron chi connectivity index (χ4n) is 11.5. The maximum absolute atomic E-state index is 14.6. The van der Waals surface area contributed by atoms with Crippen molar-refractivity contribution in [2.24, 2.45) is 35.5 Å². The summed E-state index contributed by atoms with van der Waals surface area (Å²) in [4.78, 5) is 85.8. The predicted octanol–water partition coefficient (Wildman–Crippen LogP) is 6.63. The van der Waals surface area contributed by atoms with Crippen molar-refractivity contribution in [2.75, 3.05) is 101 Å². The number of methoxy groups -OCH3 is 4. The molecule has 478 valence electrons. The first-order valence-electron chi connectivity index (χ1n) is 30.4. The summed E-state index contributed by atoms with van der Waals surface area (Å²) in [6.07, 6.45) is 9.70. The van der Waals surface area contributed by atoms with E-state index >= 15 is 0 Å². The van der Waals surface area contributed by atoms with Crippen molar-refractivity contribution < 1.29 is 91.1 Å². The van der Waals surface area contributed by atoms with Crippen LogP contribution in [0, 0.1) is 35.5 Å². The van der Waals surface area contributed by atoms with Crippen molar-refractivity contribution in [2.45, 2.75) is 180 Å². The largest absolute Gasteiger partial charge is 0.460 e. The summed E-state index contributed by atoms with van der Waals surface area (Å²) in [5, 5.41) is 26.4. The van der Waals surface area contributed by atoms with Crippen LogP contribution in [0.15, 0.2) is 47.6 Å². The molecule has 15 atom stereocenters. The lowest BCUT2D eigenvalue weighted by molar-refractivity contribution is -0.265. The minimum Gasteiger partial charge on any atom is -0.460 e. The van der Waals surface area contributed by atoms with E-state index in [1.807, 2.05) is 51.2 Å². The summed E-state index contributed by atoms with van der Waals surface area (Å²) in [7, 11) is 6.12. The molecule has 0 aromatic rings. The second-order valence-corrected chi connectivity index (χ2v) is 23.3. The highest BCUT2D eigenvalue weighted by Crippen LogP contribution is 2.38. The number of Topliss-reactive ketones (excluding diaryl/α,β-unsaturated/α-hetero) is 3. The Morgan fingerprint density at radius 3 is 2.07 bits per heavy atom. The number of aliphatic hydroxyl groups is 2. The Balaban J connectivity index is 1.50. The number of esters is 1. The number of hydrogen-bond acceptors (Lipinski definition) is 19. The van der Waals surface area contributed by atoms with Gasteiger partial charge in [0.15, 0.2) is 5.78 Å². The molecular weight excluding hydrogens is 1090 g/mol. The highest BCUT2D eigenvalue weighted by atomic mass is 16.6. The maximum atomic E-state index is 14.6. The molecule has 4 aliphatic rings. The predicted molar refractivity (Wildman–Crippen MR) is 313 cm³/mol. The van der Waals surface area contributed by atoms with Gasteiger partial charge in [-0.2, -0.15) is 0 Å². The molecule has 84 heavy (non-hydrogen) atoms. The third-order valence-corrected chi connectivity index (χ3v) is 16.8. The lowest BCUT2D eigenvalue weighted by Crippen LogP contribution is -2.61. The highest BCUT2D eigenvalue weighted by molar-refractivity contribution is 6.39. The molecule has 2 saturated heterocycles. The second kappa shape index (κ2) is 38.1. The Morgan fingerprint density at radius 1 is 0.762 bits per heavy atom. The molecule has 0 unspecified atom stereocenters. The van der Waals surface area contributed by atoms with Crippen LogP contribution < -0.4 is 5.32 Å². The number of piperidine rings is 1. The summed E-state index contributed by atoms with van der Waals surface area (Å²) in [5.74, 6) is -8.48. The van der Waals surface area contributed by atoms with Gasteiger partial charge in [0.2, 0.25) is 5.79 Å². The molecular formula is C63H102N2O19. The first-order chi connectivity index (χ1) is 40.2. The molecule has 1 aliphatic carbocycles. The van der Waals surface area contributed by atoms with Gasteiger partial charge in [-0.3, -0.25) is 19.2 Å². The summed E-state index contributed by atoms with van der Waals surface area (Å²) in [5.41, 5.74) is 1.22. The van der Waals surface area contributed by atoms with Gasteiger partial charge in [-0.1, -0.05) is 71.1 Å². The zero-order chi connectivity index (χ0) is 61.8. The summed E-state index contributed by atoms with van der Waals surface area (Å²) >= 11 is 0. The van der Waals surface area contributed by atoms with Crippen molar-refractivity contribution >= 4 is 35.3 Å². The van der Waals surface area contributed by atoms with E-state index < -0.39 is 102 Å². The fraction of sp³-hybridized carbons (Fsp3) is 0.778. The molecule has 2 amide bonds. The number of rotatable bonds is 22.